The Hall–Kier alpha value is -3.19. The number of hydrogen-bond acceptors (Lipinski definition) is 6. The summed E-state index contributed by atoms with van der Waals surface area (Å²) in [6, 6.07) is 7.17. The second kappa shape index (κ2) is 8.15. The van der Waals surface area contributed by atoms with Gasteiger partial charge in [-0.05, 0) is 57.0 Å². The molecule has 2 aromatic carbocycles. The fraction of sp³-hybridized carbons (Fsp3) is 0.333. The van der Waals surface area contributed by atoms with Gasteiger partial charge in [-0.3, -0.25) is 0 Å². The maximum absolute atomic E-state index is 15.0. The predicted molar refractivity (Wildman–Crippen MR) is 116 cm³/mol. The maximum Gasteiger partial charge on any atom is 0.230 e. The maximum atomic E-state index is 15.0. The molecule has 7 heteroatoms. The molecule has 0 saturated carbocycles. The summed E-state index contributed by atoms with van der Waals surface area (Å²) in [5.74, 6) is 1.24. The molecule has 3 aromatic rings. The highest BCUT2D eigenvalue weighted by Gasteiger charge is 2.21. The van der Waals surface area contributed by atoms with E-state index < -0.39 is 0 Å². The van der Waals surface area contributed by atoms with E-state index in [4.69, 9.17) is 14.2 Å². The Morgan fingerprint density at radius 3 is 2.71 bits per heavy atom. The zero-order valence-electron chi connectivity index (χ0n) is 17.6. The van der Waals surface area contributed by atoms with E-state index in [1.54, 1.807) is 19.2 Å². The van der Waals surface area contributed by atoms with Gasteiger partial charge in [0.2, 0.25) is 5.88 Å². The van der Waals surface area contributed by atoms with Gasteiger partial charge in [0.1, 0.15) is 12.4 Å². The van der Waals surface area contributed by atoms with Crippen LogP contribution in [-0.2, 0) is 6.42 Å². The van der Waals surface area contributed by atoms with E-state index in [2.05, 4.69) is 15.3 Å². The van der Waals surface area contributed by atoms with Gasteiger partial charge in [-0.25, -0.2) is 14.4 Å². The van der Waals surface area contributed by atoms with Crippen molar-refractivity contribution in [1.29, 1.82) is 0 Å². The molecule has 0 atom stereocenters. The Bertz CT molecular complexity index is 1170. The first-order valence-electron chi connectivity index (χ1n) is 10.5. The minimum Gasteiger partial charge on any atom is -0.493 e. The summed E-state index contributed by atoms with van der Waals surface area (Å²) >= 11 is 0. The van der Waals surface area contributed by atoms with Crippen molar-refractivity contribution in [3.05, 3.63) is 53.1 Å². The topological polar surface area (TPSA) is 65.5 Å². The third-order valence-electron chi connectivity index (χ3n) is 5.77. The molecule has 1 aliphatic carbocycles. The van der Waals surface area contributed by atoms with E-state index in [0.717, 1.165) is 43.5 Å². The van der Waals surface area contributed by atoms with Gasteiger partial charge in [-0.1, -0.05) is 17.7 Å². The number of halogens is 1. The van der Waals surface area contributed by atoms with Crippen molar-refractivity contribution >= 4 is 17.0 Å². The van der Waals surface area contributed by atoms with Crippen LogP contribution >= 0.6 is 0 Å². The van der Waals surface area contributed by atoms with Crippen molar-refractivity contribution in [2.75, 3.05) is 20.2 Å². The van der Waals surface area contributed by atoms with Crippen molar-refractivity contribution in [2.45, 2.75) is 32.3 Å². The van der Waals surface area contributed by atoms with Gasteiger partial charge in [0, 0.05) is 11.6 Å². The molecule has 2 aliphatic rings. The van der Waals surface area contributed by atoms with Gasteiger partial charge in [-0.15, -0.1) is 0 Å². The van der Waals surface area contributed by atoms with Gasteiger partial charge in [0.05, 0.1) is 18.0 Å². The molecule has 31 heavy (non-hydrogen) atoms. The molecule has 0 bridgehead atoms. The fourth-order valence-corrected chi connectivity index (χ4v) is 4.17. The van der Waals surface area contributed by atoms with E-state index in [9.17, 15) is 0 Å². The SMILES string of the molecule is COc1cc2c(Oc3ccc4c(c3F)C=C(C)C4)ncnc2cc1OC1CCNCC1. The third kappa shape index (κ3) is 3.81. The predicted octanol–water partition coefficient (Wildman–Crippen LogP) is 4.66. The van der Waals surface area contributed by atoms with Crippen LogP contribution < -0.4 is 19.5 Å². The third-order valence-corrected chi connectivity index (χ3v) is 5.77. The van der Waals surface area contributed by atoms with Crippen molar-refractivity contribution in [3.8, 4) is 23.1 Å². The number of aromatic nitrogens is 2. The van der Waals surface area contributed by atoms with E-state index in [1.165, 1.54) is 6.33 Å². The van der Waals surface area contributed by atoms with Crippen molar-refractivity contribution in [3.63, 3.8) is 0 Å². The molecule has 0 radical (unpaired) electrons. The van der Waals surface area contributed by atoms with Gasteiger partial charge >= 0.3 is 0 Å². The highest BCUT2D eigenvalue weighted by atomic mass is 19.1. The first kappa shape index (κ1) is 19.8. The number of ether oxygens (including phenoxy) is 3. The minimum atomic E-state index is -0.376. The normalized spacial score (nSPS) is 16.2. The van der Waals surface area contributed by atoms with Gasteiger partial charge in [0.25, 0.3) is 0 Å². The van der Waals surface area contributed by atoms with Gasteiger partial charge in [-0.2, -0.15) is 0 Å². The number of piperidine rings is 1. The molecular formula is C24H24FN3O3. The Balaban J connectivity index is 1.49. The first-order valence-corrected chi connectivity index (χ1v) is 10.5. The molecule has 0 spiro atoms. The van der Waals surface area contributed by atoms with Crippen LogP contribution in [0.3, 0.4) is 0 Å². The Labute approximate surface area is 180 Å². The lowest BCUT2D eigenvalue weighted by atomic mass is 10.1. The summed E-state index contributed by atoms with van der Waals surface area (Å²) in [6.07, 6.45) is 6.04. The quantitative estimate of drug-likeness (QED) is 0.646. The molecule has 1 aliphatic heterocycles. The lowest BCUT2D eigenvalue weighted by Gasteiger charge is -2.24. The van der Waals surface area contributed by atoms with Crippen LogP contribution in [0.25, 0.3) is 17.0 Å². The van der Waals surface area contributed by atoms with E-state index in [-0.39, 0.29) is 23.6 Å². The molecule has 6 nitrogen and oxygen atoms in total. The fourth-order valence-electron chi connectivity index (χ4n) is 4.17. The average Bonchev–Trinajstić information content (AvgIpc) is 3.17. The highest BCUT2D eigenvalue weighted by molar-refractivity contribution is 5.87. The van der Waals surface area contributed by atoms with Crippen molar-refractivity contribution in [2.24, 2.45) is 0 Å². The minimum absolute atomic E-state index is 0.127. The summed E-state index contributed by atoms with van der Waals surface area (Å²) in [5.41, 5.74) is 3.33. The van der Waals surface area contributed by atoms with E-state index >= 15 is 4.39 Å². The van der Waals surface area contributed by atoms with Crippen LogP contribution in [0.15, 0.2) is 36.2 Å². The van der Waals surface area contributed by atoms with Crippen molar-refractivity contribution in [1.82, 2.24) is 15.3 Å². The number of benzene rings is 2. The highest BCUT2D eigenvalue weighted by Crippen LogP contribution is 2.39. The lowest BCUT2D eigenvalue weighted by Crippen LogP contribution is -2.34. The van der Waals surface area contributed by atoms with E-state index in [1.807, 2.05) is 25.1 Å². The number of rotatable bonds is 5. The standard InChI is InChI=1S/C24H24FN3O3/c1-14-9-15-3-4-20(23(25)17(15)10-14)31-24-18-11-21(29-2)22(12-19(18)27-13-28-24)30-16-5-7-26-8-6-16/h3-4,10-13,16,26H,5-9H2,1-2H3. The zero-order chi connectivity index (χ0) is 21.4. The smallest absolute Gasteiger partial charge is 0.230 e. The van der Waals surface area contributed by atoms with Crippen molar-refractivity contribution < 1.29 is 18.6 Å². The van der Waals surface area contributed by atoms with Crippen LogP contribution in [0.4, 0.5) is 4.39 Å². The number of nitrogens with one attached hydrogen (secondary N) is 1. The number of fused-ring (bicyclic) bond motifs is 2. The largest absolute Gasteiger partial charge is 0.493 e. The van der Waals surface area contributed by atoms with Crippen LogP contribution in [0.1, 0.15) is 30.9 Å². The van der Waals surface area contributed by atoms with Gasteiger partial charge < -0.3 is 19.5 Å². The van der Waals surface area contributed by atoms with E-state index in [0.29, 0.717) is 28.0 Å². The summed E-state index contributed by atoms with van der Waals surface area (Å²) < 4.78 is 32.7. The summed E-state index contributed by atoms with van der Waals surface area (Å²) in [6.45, 7) is 3.86. The molecule has 5 rings (SSSR count). The summed E-state index contributed by atoms with van der Waals surface area (Å²) in [7, 11) is 1.59. The molecule has 0 amide bonds. The van der Waals surface area contributed by atoms with Crippen LogP contribution in [0, 0.1) is 5.82 Å². The first-order chi connectivity index (χ1) is 15.1. The Kier molecular flexibility index (Phi) is 5.19. The molecule has 160 valence electrons. The number of nitrogens with zero attached hydrogens (tertiary/aromatic N) is 2. The number of methoxy groups -OCH3 is 1. The molecule has 0 unspecified atom stereocenters. The lowest BCUT2D eigenvalue weighted by molar-refractivity contribution is 0.157. The second-order valence-electron chi connectivity index (χ2n) is 7.99. The summed E-state index contributed by atoms with van der Waals surface area (Å²) in [4.78, 5) is 8.61. The Morgan fingerprint density at radius 2 is 1.90 bits per heavy atom. The van der Waals surface area contributed by atoms with Gasteiger partial charge in [0.15, 0.2) is 23.1 Å². The zero-order valence-corrected chi connectivity index (χ0v) is 17.6. The Morgan fingerprint density at radius 1 is 1.06 bits per heavy atom. The summed E-state index contributed by atoms with van der Waals surface area (Å²) in [5, 5.41) is 3.96. The van der Waals surface area contributed by atoms with Crippen LogP contribution in [0.5, 0.6) is 23.1 Å². The molecule has 1 saturated heterocycles. The second-order valence-corrected chi connectivity index (χ2v) is 7.99. The molecule has 1 aromatic heterocycles. The monoisotopic (exact) mass is 421 g/mol. The van der Waals surface area contributed by atoms with Crippen LogP contribution in [0.2, 0.25) is 0 Å². The molecular weight excluding hydrogens is 397 g/mol. The number of hydrogen-bond donors (Lipinski definition) is 1. The van der Waals surface area contributed by atoms with Crippen LogP contribution in [-0.4, -0.2) is 36.3 Å². The average molecular weight is 421 g/mol. The molecule has 1 N–H and O–H groups in total. The molecule has 1 fully saturated rings. The molecule has 2 heterocycles. The number of allylic oxidation sites excluding steroid dienone is 1.